The Hall–Kier alpha value is -7.23. The Balaban J connectivity index is 1.12. The van der Waals surface area contributed by atoms with Crippen LogP contribution in [0.25, 0.3) is 99.9 Å². The fourth-order valence-corrected chi connectivity index (χ4v) is 7.63. The molecule has 0 radical (unpaired) electrons. The van der Waals surface area contributed by atoms with Crippen LogP contribution in [-0.2, 0) is 0 Å². The first kappa shape index (κ1) is 31.5. The van der Waals surface area contributed by atoms with Gasteiger partial charge in [0.2, 0.25) is 0 Å². The van der Waals surface area contributed by atoms with E-state index < -0.39 is 0 Å². The minimum absolute atomic E-state index is 0.652. The lowest BCUT2D eigenvalue weighted by Gasteiger charge is -2.16. The summed E-state index contributed by atoms with van der Waals surface area (Å²) >= 11 is 0. The van der Waals surface area contributed by atoms with Crippen LogP contribution in [0.4, 0.5) is 0 Å². The van der Waals surface area contributed by atoms with Crippen molar-refractivity contribution in [1.82, 2.24) is 15.0 Å². The van der Waals surface area contributed by atoms with E-state index in [1.165, 1.54) is 54.9 Å². The Labute approximate surface area is 313 Å². The van der Waals surface area contributed by atoms with Crippen molar-refractivity contribution in [1.29, 1.82) is 0 Å². The van der Waals surface area contributed by atoms with Gasteiger partial charge in [0, 0.05) is 16.7 Å². The molecule has 1 aromatic heterocycles. The van der Waals surface area contributed by atoms with Crippen molar-refractivity contribution in [3.8, 4) is 67.5 Å². The lowest BCUT2D eigenvalue weighted by atomic mass is 9.88. The van der Waals surface area contributed by atoms with Gasteiger partial charge in [-0.15, -0.1) is 0 Å². The average Bonchev–Trinajstić information content (AvgIpc) is 3.26. The zero-order valence-corrected chi connectivity index (χ0v) is 29.4. The van der Waals surface area contributed by atoms with Crippen molar-refractivity contribution in [2.45, 2.75) is 0 Å². The summed E-state index contributed by atoms with van der Waals surface area (Å²) in [7, 11) is 0. The first-order valence-electron chi connectivity index (χ1n) is 18.3. The zero-order valence-electron chi connectivity index (χ0n) is 29.4. The maximum atomic E-state index is 5.13. The molecule has 10 aromatic rings. The van der Waals surface area contributed by atoms with Crippen LogP contribution in [0, 0.1) is 0 Å². The van der Waals surface area contributed by atoms with Crippen LogP contribution in [0.1, 0.15) is 0 Å². The van der Waals surface area contributed by atoms with Gasteiger partial charge in [-0.25, -0.2) is 15.0 Å². The number of hydrogen-bond acceptors (Lipinski definition) is 3. The van der Waals surface area contributed by atoms with Crippen LogP contribution in [0.15, 0.2) is 200 Å². The fraction of sp³-hybridized carbons (Fsp3) is 0. The molecule has 0 aliphatic carbocycles. The van der Waals surface area contributed by atoms with Crippen LogP contribution >= 0.6 is 0 Å². The summed E-state index contributed by atoms with van der Waals surface area (Å²) < 4.78 is 0. The topological polar surface area (TPSA) is 38.7 Å². The SMILES string of the molecule is c1ccc(-c2ccc(-c3ccc(-c4cc5c6ccccc6c(-c6nc(-c7ccccc7)nc(-c7ccccc7)n6)cc5c5ccccc45)cc3)cc2)cc1. The second kappa shape index (κ2) is 13.4. The van der Waals surface area contributed by atoms with Gasteiger partial charge in [-0.3, -0.25) is 0 Å². The van der Waals surface area contributed by atoms with E-state index in [0.29, 0.717) is 17.5 Å². The predicted molar refractivity (Wildman–Crippen MR) is 225 cm³/mol. The van der Waals surface area contributed by atoms with E-state index in [9.17, 15) is 0 Å². The number of rotatable bonds is 6. The van der Waals surface area contributed by atoms with E-state index in [1.807, 2.05) is 36.4 Å². The Morgan fingerprint density at radius 3 is 0.981 bits per heavy atom. The fourth-order valence-electron chi connectivity index (χ4n) is 7.63. The molecule has 9 aromatic carbocycles. The molecule has 0 aliphatic rings. The first-order valence-corrected chi connectivity index (χ1v) is 18.3. The molecular weight excluding hydrogens is 655 g/mol. The predicted octanol–water partition coefficient (Wildman–Crippen LogP) is 13.3. The maximum absolute atomic E-state index is 5.13. The molecule has 0 bridgehead atoms. The van der Waals surface area contributed by atoms with Crippen LogP contribution < -0.4 is 0 Å². The molecule has 54 heavy (non-hydrogen) atoms. The van der Waals surface area contributed by atoms with Crippen molar-refractivity contribution in [2.75, 3.05) is 0 Å². The minimum atomic E-state index is 0.652. The molecule has 0 atom stereocenters. The summed E-state index contributed by atoms with van der Waals surface area (Å²) in [6.45, 7) is 0. The lowest BCUT2D eigenvalue weighted by Crippen LogP contribution is -2.00. The van der Waals surface area contributed by atoms with Crippen molar-refractivity contribution in [3.05, 3.63) is 200 Å². The Morgan fingerprint density at radius 1 is 0.204 bits per heavy atom. The number of aromatic nitrogens is 3. The molecule has 0 aliphatic heterocycles. The summed E-state index contributed by atoms with van der Waals surface area (Å²) in [6, 6.07) is 70.7. The standard InChI is InChI=1S/C51H33N3/c1-4-14-34(15-5-1)35-24-26-36(27-25-35)37-28-30-38(31-29-37)45-32-46-43-22-12-13-23-44(43)48(33-47(46)42-21-11-10-20-41(42)45)51-53-49(39-16-6-2-7-17-39)52-50(54-51)40-18-8-3-9-19-40/h1-33H. The molecule has 3 heteroatoms. The molecule has 0 fully saturated rings. The Kier molecular flexibility index (Phi) is 7.81. The van der Waals surface area contributed by atoms with E-state index in [0.717, 1.165) is 27.5 Å². The van der Waals surface area contributed by atoms with Gasteiger partial charge >= 0.3 is 0 Å². The van der Waals surface area contributed by atoms with E-state index in [4.69, 9.17) is 15.0 Å². The van der Waals surface area contributed by atoms with Gasteiger partial charge < -0.3 is 0 Å². The van der Waals surface area contributed by atoms with Crippen LogP contribution in [0.3, 0.4) is 0 Å². The number of hydrogen-bond donors (Lipinski definition) is 0. The molecular formula is C51H33N3. The van der Waals surface area contributed by atoms with Gasteiger partial charge in [-0.2, -0.15) is 0 Å². The third-order valence-electron chi connectivity index (χ3n) is 10.3. The number of nitrogens with zero attached hydrogens (tertiary/aromatic N) is 3. The van der Waals surface area contributed by atoms with Gasteiger partial charge in [0.25, 0.3) is 0 Å². The largest absolute Gasteiger partial charge is 0.208 e. The third-order valence-corrected chi connectivity index (χ3v) is 10.3. The lowest BCUT2D eigenvalue weighted by molar-refractivity contribution is 1.08. The smallest absolute Gasteiger partial charge is 0.164 e. The summed E-state index contributed by atoms with van der Waals surface area (Å²) in [5.74, 6) is 1.96. The number of fused-ring (bicyclic) bond motifs is 5. The van der Waals surface area contributed by atoms with Crippen molar-refractivity contribution in [3.63, 3.8) is 0 Å². The molecule has 0 saturated heterocycles. The summed E-state index contributed by atoms with van der Waals surface area (Å²) in [6.07, 6.45) is 0. The molecule has 1 heterocycles. The quantitative estimate of drug-likeness (QED) is 0.163. The minimum Gasteiger partial charge on any atom is -0.208 e. The molecule has 0 unspecified atom stereocenters. The highest BCUT2D eigenvalue weighted by atomic mass is 15.0. The third kappa shape index (κ3) is 5.69. The summed E-state index contributed by atoms with van der Waals surface area (Å²) in [4.78, 5) is 15.2. The first-order chi connectivity index (χ1) is 26.8. The molecule has 0 N–H and O–H groups in total. The molecule has 252 valence electrons. The van der Waals surface area contributed by atoms with Crippen molar-refractivity contribution >= 4 is 32.3 Å². The molecule has 0 spiro atoms. The monoisotopic (exact) mass is 687 g/mol. The summed E-state index contributed by atoms with van der Waals surface area (Å²) in [5, 5.41) is 7.03. The average molecular weight is 688 g/mol. The van der Waals surface area contributed by atoms with E-state index in [2.05, 4.69) is 164 Å². The Bertz CT molecular complexity index is 2880. The van der Waals surface area contributed by atoms with E-state index >= 15 is 0 Å². The highest BCUT2D eigenvalue weighted by molar-refractivity contribution is 6.23. The molecule has 10 rings (SSSR count). The highest BCUT2D eigenvalue weighted by Gasteiger charge is 2.18. The highest BCUT2D eigenvalue weighted by Crippen LogP contribution is 2.42. The summed E-state index contributed by atoms with van der Waals surface area (Å²) in [5.41, 5.74) is 10.1. The van der Waals surface area contributed by atoms with Gasteiger partial charge in [-0.1, -0.05) is 188 Å². The second-order valence-electron chi connectivity index (χ2n) is 13.6. The van der Waals surface area contributed by atoms with Crippen LogP contribution in [0.2, 0.25) is 0 Å². The Morgan fingerprint density at radius 2 is 0.519 bits per heavy atom. The normalized spacial score (nSPS) is 11.3. The van der Waals surface area contributed by atoms with Gasteiger partial charge in [-0.05, 0) is 77.8 Å². The molecule has 3 nitrogen and oxygen atoms in total. The van der Waals surface area contributed by atoms with Crippen molar-refractivity contribution < 1.29 is 0 Å². The maximum Gasteiger partial charge on any atom is 0.164 e. The zero-order chi connectivity index (χ0) is 35.8. The van der Waals surface area contributed by atoms with Gasteiger partial charge in [0.05, 0.1) is 0 Å². The van der Waals surface area contributed by atoms with Gasteiger partial charge in [0.15, 0.2) is 17.5 Å². The van der Waals surface area contributed by atoms with Crippen LogP contribution in [0.5, 0.6) is 0 Å². The second-order valence-corrected chi connectivity index (χ2v) is 13.6. The van der Waals surface area contributed by atoms with Crippen molar-refractivity contribution in [2.24, 2.45) is 0 Å². The van der Waals surface area contributed by atoms with Gasteiger partial charge in [0.1, 0.15) is 0 Å². The van der Waals surface area contributed by atoms with Crippen LogP contribution in [-0.4, -0.2) is 15.0 Å². The molecule has 0 saturated carbocycles. The van der Waals surface area contributed by atoms with E-state index in [-0.39, 0.29) is 0 Å². The molecule has 0 amide bonds. The number of benzene rings is 9. The van der Waals surface area contributed by atoms with E-state index in [1.54, 1.807) is 0 Å².